The van der Waals surface area contributed by atoms with Crippen LogP contribution in [0.15, 0.2) is 30.3 Å². The predicted octanol–water partition coefficient (Wildman–Crippen LogP) is 3.01. The van der Waals surface area contributed by atoms with Gasteiger partial charge in [-0.25, -0.2) is 5.06 Å². The zero-order valence-corrected chi connectivity index (χ0v) is 14.5. The standard InChI is InChI=1S/C19H28N2O3/c1-2-3-11-18(19(23)20-12-7-8-13-20)14-21(16-22)24-15-17-9-5-4-6-10-17/h4-6,9-10,16,18H,2-3,7-8,11-15H2,1H3. The lowest BCUT2D eigenvalue weighted by atomic mass is 10.0. The summed E-state index contributed by atoms with van der Waals surface area (Å²) in [6, 6.07) is 9.71. The molecule has 0 aliphatic carbocycles. The van der Waals surface area contributed by atoms with Crippen molar-refractivity contribution in [3.05, 3.63) is 35.9 Å². The molecular weight excluding hydrogens is 304 g/mol. The van der Waals surface area contributed by atoms with Crippen LogP contribution in [0, 0.1) is 5.92 Å². The van der Waals surface area contributed by atoms with E-state index >= 15 is 0 Å². The number of rotatable bonds is 10. The highest BCUT2D eigenvalue weighted by Gasteiger charge is 2.27. The van der Waals surface area contributed by atoms with Crippen LogP contribution in [0.25, 0.3) is 0 Å². The average molecular weight is 332 g/mol. The minimum atomic E-state index is -0.177. The summed E-state index contributed by atoms with van der Waals surface area (Å²) in [5.74, 6) is -0.0138. The molecule has 1 fully saturated rings. The molecule has 132 valence electrons. The second-order valence-corrected chi connectivity index (χ2v) is 6.34. The minimum Gasteiger partial charge on any atom is -0.342 e. The number of unbranched alkanes of at least 4 members (excludes halogenated alkanes) is 1. The summed E-state index contributed by atoms with van der Waals surface area (Å²) in [5, 5.41) is 1.28. The van der Waals surface area contributed by atoms with E-state index in [4.69, 9.17) is 4.84 Å². The van der Waals surface area contributed by atoms with E-state index in [9.17, 15) is 9.59 Å². The van der Waals surface area contributed by atoms with Gasteiger partial charge >= 0.3 is 0 Å². The molecule has 0 spiro atoms. The van der Waals surface area contributed by atoms with Gasteiger partial charge in [-0.3, -0.25) is 14.4 Å². The fraction of sp³-hybridized carbons (Fsp3) is 0.579. The van der Waals surface area contributed by atoms with E-state index in [2.05, 4.69) is 6.92 Å². The molecule has 1 saturated heterocycles. The molecule has 1 unspecified atom stereocenters. The summed E-state index contributed by atoms with van der Waals surface area (Å²) in [5.41, 5.74) is 1.00. The highest BCUT2D eigenvalue weighted by Crippen LogP contribution is 2.18. The highest BCUT2D eigenvalue weighted by atomic mass is 16.7. The van der Waals surface area contributed by atoms with Crippen molar-refractivity contribution in [1.29, 1.82) is 0 Å². The molecule has 5 heteroatoms. The molecule has 1 aromatic rings. The number of hydrogen-bond acceptors (Lipinski definition) is 3. The van der Waals surface area contributed by atoms with Crippen LogP contribution >= 0.6 is 0 Å². The number of likely N-dealkylation sites (tertiary alicyclic amines) is 1. The van der Waals surface area contributed by atoms with E-state index < -0.39 is 0 Å². The topological polar surface area (TPSA) is 49.9 Å². The smallest absolute Gasteiger partial charge is 0.233 e. The Kier molecular flexibility index (Phi) is 7.75. The van der Waals surface area contributed by atoms with Gasteiger partial charge in [-0.15, -0.1) is 0 Å². The van der Waals surface area contributed by atoms with Crippen LogP contribution in [0.1, 0.15) is 44.6 Å². The number of hydrogen-bond donors (Lipinski definition) is 0. The lowest BCUT2D eigenvalue weighted by Gasteiger charge is -2.26. The number of nitrogens with zero attached hydrogens (tertiary/aromatic N) is 2. The summed E-state index contributed by atoms with van der Waals surface area (Å²) in [6.07, 6.45) is 5.65. The van der Waals surface area contributed by atoms with Crippen molar-refractivity contribution in [2.45, 2.75) is 45.6 Å². The van der Waals surface area contributed by atoms with Gasteiger partial charge in [0.15, 0.2) is 0 Å². The number of hydroxylamine groups is 2. The normalized spacial score (nSPS) is 15.3. The molecule has 1 aliphatic rings. The van der Waals surface area contributed by atoms with Crippen LogP contribution in [0.2, 0.25) is 0 Å². The second-order valence-electron chi connectivity index (χ2n) is 6.34. The Morgan fingerprint density at radius 1 is 1.29 bits per heavy atom. The second kappa shape index (κ2) is 10.1. The lowest BCUT2D eigenvalue weighted by Crippen LogP contribution is -2.40. The molecule has 1 aromatic carbocycles. The first kappa shape index (κ1) is 18.5. The van der Waals surface area contributed by atoms with Crippen molar-refractivity contribution in [1.82, 2.24) is 9.96 Å². The van der Waals surface area contributed by atoms with Gasteiger partial charge in [0.05, 0.1) is 12.5 Å². The third kappa shape index (κ3) is 5.64. The zero-order chi connectivity index (χ0) is 17.2. The maximum Gasteiger partial charge on any atom is 0.233 e. The van der Waals surface area contributed by atoms with Crippen molar-refractivity contribution in [3.8, 4) is 0 Å². The molecule has 1 heterocycles. The Labute approximate surface area is 144 Å². The highest BCUT2D eigenvalue weighted by molar-refractivity contribution is 5.79. The molecule has 0 radical (unpaired) electrons. The summed E-state index contributed by atoms with van der Waals surface area (Å²) < 4.78 is 0. The first-order valence-corrected chi connectivity index (χ1v) is 8.92. The Morgan fingerprint density at radius 2 is 2.00 bits per heavy atom. The Morgan fingerprint density at radius 3 is 2.62 bits per heavy atom. The van der Waals surface area contributed by atoms with Gasteiger partial charge in [0, 0.05) is 13.1 Å². The van der Waals surface area contributed by atoms with Gasteiger partial charge in [-0.1, -0.05) is 50.1 Å². The molecule has 0 bridgehead atoms. The molecule has 2 rings (SSSR count). The third-order valence-corrected chi connectivity index (χ3v) is 4.43. The van der Waals surface area contributed by atoms with E-state index in [1.54, 1.807) is 0 Å². The van der Waals surface area contributed by atoms with E-state index in [0.29, 0.717) is 19.6 Å². The summed E-state index contributed by atoms with van der Waals surface area (Å²) >= 11 is 0. The largest absolute Gasteiger partial charge is 0.342 e. The van der Waals surface area contributed by atoms with Crippen LogP contribution in [-0.4, -0.2) is 41.9 Å². The quantitative estimate of drug-likeness (QED) is 0.489. The SMILES string of the molecule is CCCCC(CN(C=O)OCc1ccccc1)C(=O)N1CCCC1. The Bertz CT molecular complexity index is 501. The zero-order valence-electron chi connectivity index (χ0n) is 14.5. The van der Waals surface area contributed by atoms with Gasteiger partial charge in [0.2, 0.25) is 12.3 Å². The summed E-state index contributed by atoms with van der Waals surface area (Å²) in [7, 11) is 0. The molecule has 0 aromatic heterocycles. The molecule has 0 N–H and O–H groups in total. The molecule has 1 aliphatic heterocycles. The molecule has 0 saturated carbocycles. The van der Waals surface area contributed by atoms with E-state index in [0.717, 1.165) is 50.8 Å². The molecular formula is C19H28N2O3. The van der Waals surface area contributed by atoms with Gasteiger partial charge in [-0.05, 0) is 24.8 Å². The fourth-order valence-corrected chi connectivity index (χ4v) is 3.01. The maximum absolute atomic E-state index is 12.7. The predicted molar refractivity (Wildman–Crippen MR) is 92.8 cm³/mol. The van der Waals surface area contributed by atoms with Crippen LogP contribution in [0.5, 0.6) is 0 Å². The van der Waals surface area contributed by atoms with Crippen LogP contribution in [0.4, 0.5) is 0 Å². The number of carbonyl (C=O) groups excluding carboxylic acids is 2. The monoisotopic (exact) mass is 332 g/mol. The van der Waals surface area contributed by atoms with Crippen LogP contribution in [0.3, 0.4) is 0 Å². The Balaban J connectivity index is 1.91. The van der Waals surface area contributed by atoms with Crippen molar-refractivity contribution in [2.75, 3.05) is 19.6 Å². The molecule has 5 nitrogen and oxygen atoms in total. The van der Waals surface area contributed by atoms with Crippen molar-refractivity contribution >= 4 is 12.3 Å². The fourth-order valence-electron chi connectivity index (χ4n) is 3.01. The van der Waals surface area contributed by atoms with Crippen LogP contribution in [-0.2, 0) is 21.0 Å². The lowest BCUT2D eigenvalue weighted by molar-refractivity contribution is -0.183. The van der Waals surface area contributed by atoms with E-state index in [1.807, 2.05) is 35.2 Å². The van der Waals surface area contributed by atoms with E-state index in [1.165, 1.54) is 5.06 Å². The number of amides is 2. The summed E-state index contributed by atoms with van der Waals surface area (Å²) in [4.78, 5) is 31.6. The average Bonchev–Trinajstić information content (AvgIpc) is 3.16. The van der Waals surface area contributed by atoms with Crippen molar-refractivity contribution in [3.63, 3.8) is 0 Å². The maximum atomic E-state index is 12.7. The van der Waals surface area contributed by atoms with Gasteiger partial charge in [0.25, 0.3) is 0 Å². The first-order chi connectivity index (χ1) is 11.7. The Hall–Kier alpha value is -1.88. The molecule has 2 amide bonds. The number of carbonyl (C=O) groups is 2. The van der Waals surface area contributed by atoms with Crippen molar-refractivity contribution in [2.24, 2.45) is 5.92 Å². The first-order valence-electron chi connectivity index (χ1n) is 8.92. The molecule has 24 heavy (non-hydrogen) atoms. The summed E-state index contributed by atoms with van der Waals surface area (Å²) in [6.45, 7) is 4.45. The third-order valence-electron chi connectivity index (χ3n) is 4.43. The van der Waals surface area contributed by atoms with Gasteiger partial charge in [-0.2, -0.15) is 0 Å². The molecule has 1 atom stereocenters. The van der Waals surface area contributed by atoms with Crippen molar-refractivity contribution < 1.29 is 14.4 Å². The number of benzene rings is 1. The minimum absolute atomic E-state index is 0.163. The van der Waals surface area contributed by atoms with Crippen LogP contribution < -0.4 is 0 Å². The van der Waals surface area contributed by atoms with E-state index in [-0.39, 0.29) is 11.8 Å². The van der Waals surface area contributed by atoms with Gasteiger partial charge in [0.1, 0.15) is 6.61 Å². The van der Waals surface area contributed by atoms with Gasteiger partial charge < -0.3 is 4.90 Å².